The number of thioether (sulfide) groups is 1. The summed E-state index contributed by atoms with van der Waals surface area (Å²) in [5.41, 5.74) is 2.29. The van der Waals surface area contributed by atoms with Crippen molar-refractivity contribution in [3.05, 3.63) is 36.0 Å². The van der Waals surface area contributed by atoms with E-state index in [0.29, 0.717) is 12.2 Å². The minimum absolute atomic E-state index is 0.00932. The minimum atomic E-state index is -0.213. The summed E-state index contributed by atoms with van der Waals surface area (Å²) in [7, 11) is 0. The van der Waals surface area contributed by atoms with Crippen molar-refractivity contribution in [1.82, 2.24) is 14.5 Å². The van der Waals surface area contributed by atoms with Crippen LogP contribution in [-0.4, -0.2) is 63.1 Å². The molecule has 0 N–H and O–H groups in total. The van der Waals surface area contributed by atoms with Gasteiger partial charge < -0.3 is 9.47 Å². The summed E-state index contributed by atoms with van der Waals surface area (Å²) in [5.74, 6) is 1.65. The third kappa shape index (κ3) is 3.55. The van der Waals surface area contributed by atoms with Gasteiger partial charge in [-0.3, -0.25) is 9.59 Å². The lowest BCUT2D eigenvalue weighted by Gasteiger charge is -2.28. The smallest absolute Gasteiger partial charge is 0.291 e. The van der Waals surface area contributed by atoms with Gasteiger partial charge in [-0.05, 0) is 12.1 Å². The molecule has 7 heteroatoms. The van der Waals surface area contributed by atoms with Crippen LogP contribution in [0.1, 0.15) is 31.3 Å². The van der Waals surface area contributed by atoms with Gasteiger partial charge in [0.15, 0.2) is 0 Å². The maximum absolute atomic E-state index is 13.3. The fourth-order valence-corrected chi connectivity index (χ4v) is 4.50. The quantitative estimate of drug-likeness (QED) is 0.781. The van der Waals surface area contributed by atoms with Gasteiger partial charge in [0.25, 0.3) is 5.91 Å². The molecular formula is C21H26N4O2S. The lowest BCUT2D eigenvalue weighted by Crippen LogP contribution is -2.44. The Kier molecular flexibility index (Phi) is 4.95. The average molecular weight is 399 g/mol. The molecule has 0 atom stereocenters. The van der Waals surface area contributed by atoms with E-state index >= 15 is 0 Å². The summed E-state index contributed by atoms with van der Waals surface area (Å²) in [6.07, 6.45) is 0. The Hall–Kier alpha value is -2.28. The first-order valence-corrected chi connectivity index (χ1v) is 10.8. The number of carbonyl (C=O) groups is 2. The molecule has 1 aromatic heterocycles. The third-order valence-corrected chi connectivity index (χ3v) is 6.27. The Morgan fingerprint density at radius 3 is 2.61 bits per heavy atom. The SMILES string of the molecule is CC(C)(C)C1=NN(CC(=O)N2CCSCC2)C(=O)c2cc3ccccc3n2C1. The second-order valence-corrected chi connectivity index (χ2v) is 9.55. The number of para-hydroxylation sites is 1. The highest BCUT2D eigenvalue weighted by molar-refractivity contribution is 7.99. The van der Waals surface area contributed by atoms with Crippen molar-refractivity contribution in [2.45, 2.75) is 27.3 Å². The zero-order valence-electron chi connectivity index (χ0n) is 16.6. The van der Waals surface area contributed by atoms with Crippen LogP contribution in [0.5, 0.6) is 0 Å². The van der Waals surface area contributed by atoms with E-state index in [9.17, 15) is 9.59 Å². The molecule has 4 rings (SSSR count). The van der Waals surface area contributed by atoms with E-state index in [-0.39, 0.29) is 23.8 Å². The molecule has 1 aromatic carbocycles. The first kappa shape index (κ1) is 19.1. The van der Waals surface area contributed by atoms with Gasteiger partial charge in [0, 0.05) is 40.9 Å². The van der Waals surface area contributed by atoms with Crippen LogP contribution in [0.25, 0.3) is 10.9 Å². The molecule has 2 aromatic rings. The van der Waals surface area contributed by atoms with E-state index in [1.807, 2.05) is 51.6 Å². The Balaban J connectivity index is 1.72. The Labute approximate surface area is 169 Å². The zero-order chi connectivity index (χ0) is 19.9. The molecule has 0 bridgehead atoms. The molecule has 148 valence electrons. The van der Waals surface area contributed by atoms with Crippen molar-refractivity contribution in [2.75, 3.05) is 31.1 Å². The van der Waals surface area contributed by atoms with Crippen molar-refractivity contribution < 1.29 is 9.59 Å². The van der Waals surface area contributed by atoms with E-state index < -0.39 is 0 Å². The number of fused-ring (bicyclic) bond motifs is 3. The van der Waals surface area contributed by atoms with E-state index in [0.717, 1.165) is 41.2 Å². The fraction of sp³-hybridized carbons (Fsp3) is 0.476. The number of benzene rings is 1. The van der Waals surface area contributed by atoms with Gasteiger partial charge in [0.1, 0.15) is 12.2 Å². The van der Waals surface area contributed by atoms with Gasteiger partial charge in [0.2, 0.25) is 5.91 Å². The van der Waals surface area contributed by atoms with Crippen LogP contribution in [0.3, 0.4) is 0 Å². The number of amides is 2. The molecule has 2 aliphatic heterocycles. The van der Waals surface area contributed by atoms with Gasteiger partial charge in [-0.1, -0.05) is 39.0 Å². The van der Waals surface area contributed by atoms with Crippen molar-refractivity contribution in [3.8, 4) is 0 Å². The lowest BCUT2D eigenvalue weighted by molar-refractivity contribution is -0.131. The van der Waals surface area contributed by atoms with Gasteiger partial charge in [-0.15, -0.1) is 0 Å². The summed E-state index contributed by atoms with van der Waals surface area (Å²) < 4.78 is 2.03. The number of carbonyl (C=O) groups excluding carboxylic acids is 2. The molecule has 0 saturated carbocycles. The zero-order valence-corrected chi connectivity index (χ0v) is 17.5. The molecule has 28 heavy (non-hydrogen) atoms. The number of hydrogen-bond donors (Lipinski definition) is 0. The fourth-order valence-electron chi connectivity index (χ4n) is 3.60. The van der Waals surface area contributed by atoms with Crippen LogP contribution < -0.4 is 0 Å². The maximum Gasteiger partial charge on any atom is 0.291 e. The maximum atomic E-state index is 13.3. The summed E-state index contributed by atoms with van der Waals surface area (Å²) in [4.78, 5) is 28.0. The molecule has 0 unspecified atom stereocenters. The second-order valence-electron chi connectivity index (χ2n) is 8.33. The van der Waals surface area contributed by atoms with Gasteiger partial charge in [-0.2, -0.15) is 16.9 Å². The number of rotatable bonds is 2. The molecule has 0 aliphatic carbocycles. The Morgan fingerprint density at radius 1 is 1.18 bits per heavy atom. The molecule has 2 amide bonds. The minimum Gasteiger partial charge on any atom is -0.339 e. The van der Waals surface area contributed by atoms with E-state index in [1.54, 1.807) is 0 Å². The molecule has 1 saturated heterocycles. The monoisotopic (exact) mass is 398 g/mol. The highest BCUT2D eigenvalue weighted by Crippen LogP contribution is 2.27. The number of hydrogen-bond acceptors (Lipinski definition) is 4. The predicted molar refractivity (Wildman–Crippen MR) is 114 cm³/mol. The van der Waals surface area contributed by atoms with Crippen molar-refractivity contribution >= 4 is 40.2 Å². The van der Waals surface area contributed by atoms with Gasteiger partial charge in [0.05, 0.1) is 12.3 Å². The summed E-state index contributed by atoms with van der Waals surface area (Å²) in [6, 6.07) is 9.90. The molecular weight excluding hydrogens is 372 g/mol. The van der Waals surface area contributed by atoms with Crippen molar-refractivity contribution in [2.24, 2.45) is 10.5 Å². The average Bonchev–Trinajstić information content (AvgIpc) is 2.98. The summed E-state index contributed by atoms with van der Waals surface area (Å²) >= 11 is 1.86. The van der Waals surface area contributed by atoms with E-state index in [1.165, 1.54) is 5.01 Å². The Bertz CT molecular complexity index is 951. The van der Waals surface area contributed by atoms with Crippen LogP contribution in [0.15, 0.2) is 35.4 Å². The summed E-state index contributed by atoms with van der Waals surface area (Å²) in [5, 5.41) is 7.09. The van der Waals surface area contributed by atoms with Crippen LogP contribution in [-0.2, 0) is 11.3 Å². The topological polar surface area (TPSA) is 57.9 Å². The first-order chi connectivity index (χ1) is 13.3. The van der Waals surface area contributed by atoms with E-state index in [2.05, 4.69) is 25.9 Å². The third-order valence-electron chi connectivity index (χ3n) is 5.33. The highest BCUT2D eigenvalue weighted by Gasteiger charge is 2.32. The van der Waals surface area contributed by atoms with Gasteiger partial charge >= 0.3 is 0 Å². The van der Waals surface area contributed by atoms with Crippen LogP contribution in [0.4, 0.5) is 0 Å². The molecule has 3 heterocycles. The second kappa shape index (κ2) is 7.28. The van der Waals surface area contributed by atoms with Gasteiger partial charge in [-0.25, -0.2) is 5.01 Å². The highest BCUT2D eigenvalue weighted by atomic mass is 32.2. The molecule has 0 spiro atoms. The number of hydrazone groups is 1. The van der Waals surface area contributed by atoms with Crippen molar-refractivity contribution in [3.63, 3.8) is 0 Å². The molecule has 1 fully saturated rings. The molecule has 0 radical (unpaired) electrons. The number of aromatic nitrogens is 1. The van der Waals surface area contributed by atoms with Crippen LogP contribution in [0.2, 0.25) is 0 Å². The first-order valence-electron chi connectivity index (χ1n) is 9.68. The predicted octanol–water partition coefficient (Wildman–Crippen LogP) is 3.07. The van der Waals surface area contributed by atoms with Crippen LogP contribution >= 0.6 is 11.8 Å². The van der Waals surface area contributed by atoms with E-state index in [4.69, 9.17) is 0 Å². The molecule has 2 aliphatic rings. The lowest BCUT2D eigenvalue weighted by atomic mass is 9.90. The normalized spacial score (nSPS) is 18.1. The van der Waals surface area contributed by atoms with Crippen LogP contribution in [0, 0.1) is 5.41 Å². The Morgan fingerprint density at radius 2 is 1.89 bits per heavy atom. The number of nitrogens with zero attached hydrogens (tertiary/aromatic N) is 4. The summed E-state index contributed by atoms with van der Waals surface area (Å²) in [6.45, 7) is 8.29. The van der Waals surface area contributed by atoms with Crippen molar-refractivity contribution in [1.29, 1.82) is 0 Å². The molecule has 6 nitrogen and oxygen atoms in total. The standard InChI is InChI=1S/C21H26N4O2S/c1-21(2,3)18-13-24-16-7-5-4-6-15(16)12-17(24)20(27)25(22-18)14-19(26)23-8-10-28-11-9-23/h4-7,12H,8-11,13-14H2,1-3H3. The largest absolute Gasteiger partial charge is 0.339 e.